The van der Waals surface area contributed by atoms with Gasteiger partial charge in [0.05, 0.1) is 11.2 Å². The van der Waals surface area contributed by atoms with Crippen molar-refractivity contribution in [3.63, 3.8) is 0 Å². The molecule has 2 unspecified atom stereocenters. The normalized spacial score (nSPS) is 17.0. The van der Waals surface area contributed by atoms with E-state index in [-0.39, 0.29) is 15.6 Å². The standard InChI is InChI=1S/C22H21Cl2FN6O2/c1-12(19-16(23)2-3-17(25)20(19)24)33-31-18-6-14(8-27-21(18)29-22(31)32)15-9-28-30(11-15)10-13-4-5-26-7-13/h2-3,6,8-9,11-13,26H,4-5,7,10H2,1H3,(H,27,29,32). The first-order chi connectivity index (χ1) is 15.9. The van der Waals surface area contributed by atoms with Gasteiger partial charge in [-0.25, -0.2) is 14.2 Å². The number of benzene rings is 1. The molecule has 8 nitrogen and oxygen atoms in total. The lowest BCUT2D eigenvalue weighted by atomic mass is 10.1. The van der Waals surface area contributed by atoms with E-state index in [0.29, 0.717) is 17.1 Å². The summed E-state index contributed by atoms with van der Waals surface area (Å²) in [7, 11) is 0. The molecule has 11 heteroatoms. The first-order valence-corrected chi connectivity index (χ1v) is 11.3. The van der Waals surface area contributed by atoms with Crippen LogP contribution < -0.4 is 15.8 Å². The van der Waals surface area contributed by atoms with Gasteiger partial charge in [0.15, 0.2) is 11.8 Å². The second-order valence-electron chi connectivity index (χ2n) is 8.13. The number of hydrogen-bond acceptors (Lipinski definition) is 5. The van der Waals surface area contributed by atoms with E-state index in [1.165, 1.54) is 12.1 Å². The number of aromatic amines is 1. The molecule has 4 heterocycles. The van der Waals surface area contributed by atoms with Gasteiger partial charge in [0.25, 0.3) is 0 Å². The monoisotopic (exact) mass is 490 g/mol. The summed E-state index contributed by atoms with van der Waals surface area (Å²) in [4.78, 5) is 25.4. The average molecular weight is 491 g/mol. The van der Waals surface area contributed by atoms with Crippen molar-refractivity contribution >= 4 is 34.4 Å². The highest BCUT2D eigenvalue weighted by Gasteiger charge is 2.21. The van der Waals surface area contributed by atoms with Gasteiger partial charge >= 0.3 is 5.69 Å². The quantitative estimate of drug-likeness (QED) is 0.401. The minimum atomic E-state index is -0.802. The fraction of sp³-hybridized carbons (Fsp3) is 0.318. The van der Waals surface area contributed by atoms with E-state index in [0.717, 1.165) is 41.9 Å². The van der Waals surface area contributed by atoms with Crippen molar-refractivity contribution in [3.05, 3.63) is 68.7 Å². The van der Waals surface area contributed by atoms with Gasteiger partial charge in [0, 0.05) is 40.7 Å². The van der Waals surface area contributed by atoms with Crippen molar-refractivity contribution in [2.45, 2.75) is 26.0 Å². The Kier molecular flexibility index (Phi) is 5.86. The first kappa shape index (κ1) is 21.9. The number of rotatable bonds is 6. The van der Waals surface area contributed by atoms with Crippen molar-refractivity contribution in [2.75, 3.05) is 13.1 Å². The van der Waals surface area contributed by atoms with Crippen molar-refractivity contribution in [2.24, 2.45) is 5.92 Å². The fourth-order valence-electron chi connectivity index (χ4n) is 4.10. The SMILES string of the molecule is CC(On1c(=O)[nH]c2ncc(-c3cnn(CC4CCNC4)c3)cc21)c1c(Cl)ccc(F)c1Cl. The molecular weight excluding hydrogens is 470 g/mol. The van der Waals surface area contributed by atoms with Gasteiger partial charge in [-0.2, -0.15) is 5.10 Å². The third-order valence-corrected chi connectivity index (χ3v) is 6.53. The fourth-order valence-corrected chi connectivity index (χ4v) is 4.78. The number of halogens is 3. The average Bonchev–Trinajstić information content (AvgIpc) is 3.53. The molecular formula is C22H21Cl2FN6O2. The molecule has 4 aromatic rings. The third-order valence-electron chi connectivity index (χ3n) is 5.82. The smallest absolute Gasteiger partial charge is 0.360 e. The van der Waals surface area contributed by atoms with E-state index < -0.39 is 17.6 Å². The number of nitrogens with one attached hydrogen (secondary N) is 2. The lowest BCUT2D eigenvalue weighted by molar-refractivity contribution is 0.0492. The number of fused-ring (bicyclic) bond motifs is 1. The van der Waals surface area contributed by atoms with Crippen LogP contribution in [0.25, 0.3) is 22.3 Å². The highest BCUT2D eigenvalue weighted by atomic mass is 35.5. The maximum Gasteiger partial charge on any atom is 0.360 e. The molecule has 2 atom stereocenters. The molecule has 0 saturated carbocycles. The van der Waals surface area contributed by atoms with Crippen LogP contribution in [0.3, 0.4) is 0 Å². The third kappa shape index (κ3) is 4.23. The van der Waals surface area contributed by atoms with Gasteiger partial charge in [-0.05, 0) is 50.6 Å². The summed E-state index contributed by atoms with van der Waals surface area (Å²) in [6, 6.07) is 4.37. The molecule has 0 spiro atoms. The molecule has 0 aliphatic carbocycles. The number of imidazole rings is 1. The molecule has 1 aromatic carbocycles. The predicted octanol–water partition coefficient (Wildman–Crippen LogP) is 3.83. The highest BCUT2D eigenvalue weighted by Crippen LogP contribution is 2.33. The summed E-state index contributed by atoms with van der Waals surface area (Å²) in [5.41, 5.74) is 2.18. The number of H-pyrrole nitrogens is 1. The van der Waals surface area contributed by atoms with E-state index in [1.807, 2.05) is 10.9 Å². The zero-order valence-electron chi connectivity index (χ0n) is 17.7. The Labute approximate surface area is 198 Å². The van der Waals surface area contributed by atoms with Gasteiger partial charge in [-0.1, -0.05) is 23.2 Å². The minimum absolute atomic E-state index is 0.147. The van der Waals surface area contributed by atoms with E-state index >= 15 is 0 Å². The summed E-state index contributed by atoms with van der Waals surface area (Å²) in [6.45, 7) is 4.51. The molecule has 1 fully saturated rings. The van der Waals surface area contributed by atoms with Crippen molar-refractivity contribution < 1.29 is 9.23 Å². The molecule has 5 rings (SSSR count). The van der Waals surface area contributed by atoms with Crippen molar-refractivity contribution in [1.82, 2.24) is 29.8 Å². The summed E-state index contributed by atoms with van der Waals surface area (Å²) in [5, 5.41) is 7.92. The molecule has 0 bridgehead atoms. The molecule has 1 aliphatic heterocycles. The largest absolute Gasteiger partial charge is 0.401 e. The van der Waals surface area contributed by atoms with E-state index in [1.54, 1.807) is 25.4 Å². The van der Waals surface area contributed by atoms with Crippen LogP contribution in [-0.4, -0.2) is 37.6 Å². The number of hydrogen-bond donors (Lipinski definition) is 2. The number of pyridine rings is 1. The highest BCUT2D eigenvalue weighted by molar-refractivity contribution is 6.36. The summed E-state index contributed by atoms with van der Waals surface area (Å²) in [5.74, 6) is -0.0586. The van der Waals surface area contributed by atoms with Crippen molar-refractivity contribution in [1.29, 1.82) is 0 Å². The molecule has 3 aromatic heterocycles. The van der Waals surface area contributed by atoms with Crippen LogP contribution in [-0.2, 0) is 6.54 Å². The van der Waals surface area contributed by atoms with E-state index in [4.69, 9.17) is 28.0 Å². The summed E-state index contributed by atoms with van der Waals surface area (Å²) >= 11 is 12.3. The Morgan fingerprint density at radius 3 is 2.94 bits per heavy atom. The summed E-state index contributed by atoms with van der Waals surface area (Å²) in [6.07, 6.45) is 5.74. The Morgan fingerprint density at radius 1 is 1.30 bits per heavy atom. The number of nitrogens with zero attached hydrogens (tertiary/aromatic N) is 4. The van der Waals surface area contributed by atoms with Crippen molar-refractivity contribution in [3.8, 4) is 11.1 Å². The van der Waals surface area contributed by atoms with Crippen LogP contribution in [0.15, 0.2) is 41.6 Å². The Bertz CT molecular complexity index is 1380. The Hall–Kier alpha value is -2.88. The molecule has 33 heavy (non-hydrogen) atoms. The Balaban J connectivity index is 1.45. The van der Waals surface area contributed by atoms with Gasteiger partial charge in [-0.3, -0.25) is 9.67 Å². The molecule has 1 saturated heterocycles. The van der Waals surface area contributed by atoms with Gasteiger partial charge in [-0.15, -0.1) is 4.73 Å². The zero-order chi connectivity index (χ0) is 23.1. The van der Waals surface area contributed by atoms with Crippen LogP contribution in [0.5, 0.6) is 0 Å². The molecule has 1 aliphatic rings. The second-order valence-corrected chi connectivity index (χ2v) is 8.92. The lowest BCUT2D eigenvalue weighted by Crippen LogP contribution is -2.26. The van der Waals surface area contributed by atoms with Gasteiger partial charge < -0.3 is 10.2 Å². The second kappa shape index (κ2) is 8.81. The predicted molar refractivity (Wildman–Crippen MR) is 124 cm³/mol. The lowest BCUT2D eigenvalue weighted by Gasteiger charge is -2.17. The topological polar surface area (TPSA) is 89.8 Å². The van der Waals surface area contributed by atoms with Crippen LogP contribution in [0.2, 0.25) is 10.0 Å². The van der Waals surface area contributed by atoms with Gasteiger partial charge in [0.1, 0.15) is 11.3 Å². The van der Waals surface area contributed by atoms with Crippen LogP contribution in [0.1, 0.15) is 25.0 Å². The Morgan fingerprint density at radius 2 is 2.15 bits per heavy atom. The molecule has 2 N–H and O–H groups in total. The van der Waals surface area contributed by atoms with Crippen LogP contribution >= 0.6 is 23.2 Å². The maximum absolute atomic E-state index is 14.0. The molecule has 172 valence electrons. The van der Waals surface area contributed by atoms with Crippen LogP contribution in [0.4, 0.5) is 4.39 Å². The van der Waals surface area contributed by atoms with E-state index in [9.17, 15) is 9.18 Å². The number of aromatic nitrogens is 5. The van der Waals surface area contributed by atoms with E-state index in [2.05, 4.69) is 20.4 Å². The summed E-state index contributed by atoms with van der Waals surface area (Å²) < 4.78 is 17.0. The minimum Gasteiger partial charge on any atom is -0.401 e. The van der Waals surface area contributed by atoms with Crippen LogP contribution in [0, 0.1) is 11.7 Å². The first-order valence-electron chi connectivity index (χ1n) is 10.6. The zero-order valence-corrected chi connectivity index (χ0v) is 19.2. The maximum atomic E-state index is 14.0. The molecule has 0 radical (unpaired) electrons. The molecule has 0 amide bonds. The van der Waals surface area contributed by atoms with Gasteiger partial charge in [0.2, 0.25) is 0 Å².